The summed E-state index contributed by atoms with van der Waals surface area (Å²) >= 11 is 3.46. The number of anilines is 1. The lowest BCUT2D eigenvalue weighted by Crippen LogP contribution is -2.34. The van der Waals surface area contributed by atoms with Crippen molar-refractivity contribution in [2.75, 3.05) is 11.9 Å². The zero-order valence-corrected chi connectivity index (χ0v) is 17.9. The number of para-hydroxylation sites is 1. The van der Waals surface area contributed by atoms with Gasteiger partial charge in [0.1, 0.15) is 5.01 Å². The maximum atomic E-state index is 12.4. The summed E-state index contributed by atoms with van der Waals surface area (Å²) in [5, 5.41) is 8.19. The minimum absolute atomic E-state index is 0.0116. The van der Waals surface area contributed by atoms with E-state index in [2.05, 4.69) is 34.0 Å². The number of aryl methyl sites for hydroxylation is 1. The van der Waals surface area contributed by atoms with Crippen LogP contribution in [-0.4, -0.2) is 22.3 Å². The number of fused-ring (bicyclic) bond motifs is 1. The van der Waals surface area contributed by atoms with Crippen LogP contribution in [0.4, 0.5) is 5.69 Å². The van der Waals surface area contributed by atoms with Crippen LogP contribution in [-0.2, 0) is 24.2 Å². The predicted molar refractivity (Wildman–Crippen MR) is 117 cm³/mol. The Morgan fingerprint density at radius 2 is 2.14 bits per heavy atom. The van der Waals surface area contributed by atoms with Crippen molar-refractivity contribution in [3.05, 3.63) is 67.8 Å². The van der Waals surface area contributed by atoms with E-state index in [1.807, 2.05) is 42.5 Å². The Hall–Kier alpha value is -2.02. The minimum Gasteiger partial charge on any atom is -0.325 e. The molecule has 0 bridgehead atoms. The van der Waals surface area contributed by atoms with Crippen LogP contribution in [0.5, 0.6) is 0 Å². The molecular weight excluding hydrogens is 386 g/mol. The molecule has 4 nitrogen and oxygen atoms in total. The lowest BCUT2D eigenvalue weighted by atomic mass is 9.98. The zero-order chi connectivity index (χ0) is 19.5. The van der Waals surface area contributed by atoms with Gasteiger partial charge in [-0.25, -0.2) is 4.98 Å². The number of benzene rings is 1. The van der Waals surface area contributed by atoms with E-state index >= 15 is 0 Å². The topological polar surface area (TPSA) is 45.2 Å². The molecule has 3 heterocycles. The Morgan fingerprint density at radius 3 is 2.96 bits per heavy atom. The first-order chi connectivity index (χ1) is 13.6. The van der Waals surface area contributed by atoms with Gasteiger partial charge in [0.15, 0.2) is 0 Å². The van der Waals surface area contributed by atoms with Gasteiger partial charge in [-0.05, 0) is 48.4 Å². The van der Waals surface area contributed by atoms with Crippen molar-refractivity contribution in [3.8, 4) is 0 Å². The van der Waals surface area contributed by atoms with Crippen LogP contribution >= 0.6 is 22.7 Å². The SMILES string of the molecule is CCC1c2ccsc2CCN1Cc1csc(CC(=O)Nc2ccccc2C)n1. The first kappa shape index (κ1) is 19.3. The second kappa shape index (κ2) is 8.55. The van der Waals surface area contributed by atoms with Crippen LogP contribution in [0.2, 0.25) is 0 Å². The summed E-state index contributed by atoms with van der Waals surface area (Å²) < 4.78 is 0. The minimum atomic E-state index is -0.0116. The highest BCUT2D eigenvalue weighted by atomic mass is 32.1. The van der Waals surface area contributed by atoms with Crippen molar-refractivity contribution in [2.45, 2.75) is 45.7 Å². The van der Waals surface area contributed by atoms with E-state index in [4.69, 9.17) is 4.98 Å². The second-order valence-electron chi connectivity index (χ2n) is 7.22. The first-order valence-electron chi connectivity index (χ1n) is 9.73. The molecule has 2 aromatic heterocycles. The maximum Gasteiger partial charge on any atom is 0.231 e. The Labute approximate surface area is 174 Å². The predicted octanol–water partition coefficient (Wildman–Crippen LogP) is 5.20. The van der Waals surface area contributed by atoms with E-state index in [0.29, 0.717) is 12.5 Å². The monoisotopic (exact) mass is 411 g/mol. The van der Waals surface area contributed by atoms with Gasteiger partial charge in [-0.1, -0.05) is 25.1 Å². The van der Waals surface area contributed by atoms with Crippen molar-refractivity contribution in [2.24, 2.45) is 0 Å². The molecule has 0 fully saturated rings. The molecule has 0 radical (unpaired) electrons. The molecule has 28 heavy (non-hydrogen) atoms. The van der Waals surface area contributed by atoms with Crippen molar-refractivity contribution < 1.29 is 4.79 Å². The quantitative estimate of drug-likeness (QED) is 0.606. The molecule has 6 heteroatoms. The fourth-order valence-corrected chi connectivity index (χ4v) is 5.58. The number of carbonyl (C=O) groups excluding carboxylic acids is 1. The third-order valence-corrected chi connectivity index (χ3v) is 7.18. The van der Waals surface area contributed by atoms with Crippen LogP contribution in [0.25, 0.3) is 0 Å². The van der Waals surface area contributed by atoms with Crippen LogP contribution in [0.15, 0.2) is 41.1 Å². The van der Waals surface area contributed by atoms with Gasteiger partial charge in [-0.2, -0.15) is 0 Å². The number of thiophene rings is 1. The van der Waals surface area contributed by atoms with Crippen LogP contribution in [0.3, 0.4) is 0 Å². The Balaban J connectivity index is 1.38. The average Bonchev–Trinajstić information content (AvgIpc) is 3.33. The van der Waals surface area contributed by atoms with Gasteiger partial charge in [-0.15, -0.1) is 22.7 Å². The van der Waals surface area contributed by atoms with E-state index in [-0.39, 0.29) is 5.91 Å². The van der Waals surface area contributed by atoms with Crippen LogP contribution in [0, 0.1) is 6.92 Å². The van der Waals surface area contributed by atoms with Crippen molar-refractivity contribution >= 4 is 34.3 Å². The molecule has 1 aromatic carbocycles. The number of carbonyl (C=O) groups is 1. The second-order valence-corrected chi connectivity index (χ2v) is 9.16. The molecule has 0 aliphatic carbocycles. The molecule has 1 unspecified atom stereocenters. The van der Waals surface area contributed by atoms with Gasteiger partial charge in [0.25, 0.3) is 0 Å². The van der Waals surface area contributed by atoms with Crippen molar-refractivity contribution in [3.63, 3.8) is 0 Å². The van der Waals surface area contributed by atoms with Crippen LogP contribution in [0.1, 0.15) is 46.1 Å². The molecule has 0 saturated carbocycles. The largest absolute Gasteiger partial charge is 0.325 e. The number of aromatic nitrogens is 1. The lowest BCUT2D eigenvalue weighted by molar-refractivity contribution is -0.115. The fraction of sp³-hybridized carbons (Fsp3) is 0.364. The first-order valence-corrected chi connectivity index (χ1v) is 11.5. The number of nitrogens with zero attached hydrogens (tertiary/aromatic N) is 2. The summed E-state index contributed by atoms with van der Waals surface area (Å²) in [6.45, 7) is 6.18. The molecular formula is C22H25N3OS2. The summed E-state index contributed by atoms with van der Waals surface area (Å²) in [6, 6.07) is 10.6. The van der Waals surface area contributed by atoms with Gasteiger partial charge in [-0.3, -0.25) is 9.69 Å². The van der Waals surface area contributed by atoms with Gasteiger partial charge >= 0.3 is 0 Å². The van der Waals surface area contributed by atoms with E-state index < -0.39 is 0 Å². The molecule has 4 rings (SSSR count). The molecule has 0 saturated heterocycles. The molecule has 1 aliphatic rings. The fourth-order valence-electron chi connectivity index (χ4n) is 3.87. The number of rotatable bonds is 6. The Kier molecular flexibility index (Phi) is 5.90. The molecule has 0 spiro atoms. The highest BCUT2D eigenvalue weighted by Gasteiger charge is 2.27. The van der Waals surface area contributed by atoms with Crippen molar-refractivity contribution in [1.82, 2.24) is 9.88 Å². The van der Waals surface area contributed by atoms with Gasteiger partial charge in [0.05, 0.1) is 12.1 Å². The summed E-state index contributed by atoms with van der Waals surface area (Å²) in [7, 11) is 0. The average molecular weight is 412 g/mol. The normalized spacial score (nSPS) is 16.7. The smallest absolute Gasteiger partial charge is 0.231 e. The van der Waals surface area contributed by atoms with E-state index in [9.17, 15) is 4.79 Å². The maximum absolute atomic E-state index is 12.4. The van der Waals surface area contributed by atoms with Gasteiger partial charge in [0, 0.05) is 35.1 Å². The van der Waals surface area contributed by atoms with Crippen molar-refractivity contribution in [1.29, 1.82) is 0 Å². The molecule has 1 amide bonds. The number of amides is 1. The number of nitrogens with one attached hydrogen (secondary N) is 1. The van der Waals surface area contributed by atoms with Crippen LogP contribution < -0.4 is 5.32 Å². The summed E-state index contributed by atoms with van der Waals surface area (Å²) in [5.41, 5.74) is 4.50. The summed E-state index contributed by atoms with van der Waals surface area (Å²) in [5.74, 6) is -0.0116. The van der Waals surface area contributed by atoms with E-state index in [1.165, 1.54) is 10.4 Å². The van der Waals surface area contributed by atoms with Gasteiger partial charge < -0.3 is 5.32 Å². The van der Waals surface area contributed by atoms with E-state index in [0.717, 1.165) is 47.9 Å². The standard InChI is InChI=1S/C22H25N3OS2/c1-3-19-17-9-11-27-20(17)8-10-25(19)13-16-14-28-22(23-16)12-21(26)24-18-7-5-4-6-15(18)2/h4-7,9,11,14,19H,3,8,10,12-13H2,1-2H3,(H,24,26). The number of thiazole rings is 1. The third kappa shape index (κ3) is 4.19. The molecule has 1 atom stereocenters. The van der Waals surface area contributed by atoms with E-state index in [1.54, 1.807) is 11.3 Å². The number of hydrogen-bond acceptors (Lipinski definition) is 5. The third-order valence-electron chi connectivity index (χ3n) is 5.29. The highest BCUT2D eigenvalue weighted by molar-refractivity contribution is 7.10. The highest BCUT2D eigenvalue weighted by Crippen LogP contribution is 2.36. The van der Waals surface area contributed by atoms with Gasteiger partial charge in [0.2, 0.25) is 5.91 Å². The summed E-state index contributed by atoms with van der Waals surface area (Å²) in [6.07, 6.45) is 2.56. The lowest BCUT2D eigenvalue weighted by Gasteiger charge is -2.34. The number of hydrogen-bond donors (Lipinski definition) is 1. The molecule has 1 N–H and O–H groups in total. The summed E-state index contributed by atoms with van der Waals surface area (Å²) in [4.78, 5) is 21.2. The molecule has 1 aliphatic heterocycles. The Morgan fingerprint density at radius 1 is 1.29 bits per heavy atom. The molecule has 3 aromatic rings. The molecule has 146 valence electrons. The Bertz CT molecular complexity index is 962. The zero-order valence-electron chi connectivity index (χ0n) is 16.3.